The molecule has 136 valence electrons. The topological polar surface area (TPSA) is 29.0 Å². The van der Waals surface area contributed by atoms with Crippen molar-refractivity contribution < 1.29 is 0 Å². The predicted molar refractivity (Wildman–Crippen MR) is 108 cm³/mol. The van der Waals surface area contributed by atoms with Crippen molar-refractivity contribution in [3.63, 3.8) is 0 Å². The number of nitrogens with zero attached hydrogens (tertiary/aromatic N) is 3. The second-order valence-electron chi connectivity index (χ2n) is 8.16. The van der Waals surface area contributed by atoms with E-state index in [0.29, 0.717) is 0 Å². The maximum atomic E-state index is 4.14. The minimum Gasteiger partial charge on any atom is -0.298 e. The molecule has 1 saturated carbocycles. The fraction of sp³-hybridized carbons (Fsp3) is 0.333. The van der Waals surface area contributed by atoms with E-state index in [1.165, 1.54) is 47.3 Å². The maximum absolute atomic E-state index is 4.14. The molecule has 27 heavy (non-hydrogen) atoms. The van der Waals surface area contributed by atoms with Gasteiger partial charge >= 0.3 is 0 Å². The SMILES string of the molecule is Cc1ccccc1-c1ccc(C2C3CC2CN(Cc2cncnc2)C3)cc1. The number of piperidine rings is 2. The van der Waals surface area contributed by atoms with Gasteiger partial charge in [-0.05, 0) is 53.4 Å². The molecular weight excluding hydrogens is 330 g/mol. The molecule has 2 atom stereocenters. The Morgan fingerprint density at radius 2 is 1.63 bits per heavy atom. The van der Waals surface area contributed by atoms with Crippen LogP contribution in [-0.4, -0.2) is 28.0 Å². The summed E-state index contributed by atoms with van der Waals surface area (Å²) in [6.07, 6.45) is 6.86. The first-order valence-corrected chi connectivity index (χ1v) is 9.90. The molecule has 6 rings (SSSR count). The summed E-state index contributed by atoms with van der Waals surface area (Å²) in [4.78, 5) is 10.9. The van der Waals surface area contributed by atoms with Gasteiger partial charge in [-0.3, -0.25) is 4.90 Å². The minimum absolute atomic E-state index is 0.735. The van der Waals surface area contributed by atoms with Crippen LogP contribution in [0, 0.1) is 18.8 Å². The first-order valence-electron chi connectivity index (χ1n) is 9.90. The first kappa shape index (κ1) is 16.6. The second-order valence-corrected chi connectivity index (χ2v) is 8.16. The molecule has 1 aliphatic carbocycles. The highest BCUT2D eigenvalue weighted by Crippen LogP contribution is 2.52. The van der Waals surface area contributed by atoms with Crippen molar-refractivity contribution in [2.45, 2.75) is 25.8 Å². The van der Waals surface area contributed by atoms with Gasteiger partial charge in [-0.15, -0.1) is 0 Å². The van der Waals surface area contributed by atoms with Gasteiger partial charge in [-0.25, -0.2) is 9.97 Å². The van der Waals surface area contributed by atoms with E-state index in [-0.39, 0.29) is 0 Å². The van der Waals surface area contributed by atoms with Gasteiger partial charge in [0.05, 0.1) is 0 Å². The molecule has 2 aliphatic heterocycles. The van der Waals surface area contributed by atoms with Crippen LogP contribution >= 0.6 is 0 Å². The molecule has 3 heterocycles. The Kier molecular flexibility index (Phi) is 4.25. The zero-order chi connectivity index (χ0) is 18.2. The minimum atomic E-state index is 0.735. The van der Waals surface area contributed by atoms with Crippen LogP contribution in [0.15, 0.2) is 67.3 Å². The lowest BCUT2D eigenvalue weighted by Gasteiger charge is -2.54. The molecule has 2 bridgehead atoms. The Bertz CT molecular complexity index is 908. The third-order valence-corrected chi connectivity index (χ3v) is 6.38. The maximum Gasteiger partial charge on any atom is 0.115 e. The summed E-state index contributed by atoms with van der Waals surface area (Å²) in [6.45, 7) is 5.55. The number of rotatable bonds is 4. The molecule has 3 nitrogen and oxygen atoms in total. The summed E-state index contributed by atoms with van der Waals surface area (Å²) in [5, 5.41) is 0. The lowest BCUT2D eigenvalue weighted by molar-refractivity contribution is -0.00540. The summed E-state index contributed by atoms with van der Waals surface area (Å²) >= 11 is 0. The van der Waals surface area contributed by atoms with E-state index in [1.807, 2.05) is 12.4 Å². The lowest BCUT2D eigenvalue weighted by Crippen LogP contribution is -2.53. The van der Waals surface area contributed by atoms with E-state index in [2.05, 4.69) is 70.3 Å². The van der Waals surface area contributed by atoms with E-state index < -0.39 is 0 Å². The Labute approximate surface area is 161 Å². The fourth-order valence-electron chi connectivity index (χ4n) is 5.11. The summed E-state index contributed by atoms with van der Waals surface area (Å²) in [7, 11) is 0. The number of fused-ring (bicyclic) bond motifs is 2. The number of hydrogen-bond acceptors (Lipinski definition) is 3. The molecule has 0 spiro atoms. The van der Waals surface area contributed by atoms with Gasteiger partial charge in [-0.2, -0.15) is 0 Å². The summed E-state index contributed by atoms with van der Waals surface area (Å²) in [5.74, 6) is 2.31. The molecule has 3 aliphatic rings. The molecule has 2 aromatic carbocycles. The first-order chi connectivity index (χ1) is 13.3. The van der Waals surface area contributed by atoms with Crippen molar-refractivity contribution in [3.8, 4) is 11.1 Å². The molecule has 1 aromatic heterocycles. The van der Waals surface area contributed by atoms with E-state index in [9.17, 15) is 0 Å². The van der Waals surface area contributed by atoms with Gasteiger partial charge in [0.15, 0.2) is 0 Å². The van der Waals surface area contributed by atoms with E-state index in [0.717, 1.165) is 24.3 Å². The van der Waals surface area contributed by atoms with Crippen LogP contribution in [0.25, 0.3) is 11.1 Å². The van der Waals surface area contributed by atoms with E-state index >= 15 is 0 Å². The Morgan fingerprint density at radius 1 is 0.926 bits per heavy atom. The van der Waals surface area contributed by atoms with Crippen LogP contribution in [0.5, 0.6) is 0 Å². The van der Waals surface area contributed by atoms with Crippen molar-refractivity contribution >= 4 is 0 Å². The van der Waals surface area contributed by atoms with Crippen LogP contribution in [0.3, 0.4) is 0 Å². The average molecular weight is 355 g/mol. The van der Waals surface area contributed by atoms with Gasteiger partial charge < -0.3 is 0 Å². The molecule has 3 aromatic rings. The Balaban J connectivity index is 1.28. The zero-order valence-corrected chi connectivity index (χ0v) is 15.8. The third-order valence-electron chi connectivity index (χ3n) is 6.38. The number of aromatic nitrogens is 2. The Morgan fingerprint density at radius 3 is 2.33 bits per heavy atom. The molecule has 2 unspecified atom stereocenters. The van der Waals surface area contributed by atoms with Gasteiger partial charge in [-0.1, -0.05) is 48.5 Å². The molecule has 0 N–H and O–H groups in total. The van der Waals surface area contributed by atoms with Gasteiger partial charge in [0.25, 0.3) is 0 Å². The fourth-order valence-corrected chi connectivity index (χ4v) is 5.11. The summed E-state index contributed by atoms with van der Waals surface area (Å²) in [6, 6.07) is 18.0. The van der Waals surface area contributed by atoms with Crippen LogP contribution < -0.4 is 0 Å². The van der Waals surface area contributed by atoms with E-state index in [1.54, 1.807) is 6.33 Å². The lowest BCUT2D eigenvalue weighted by atomic mass is 9.59. The quantitative estimate of drug-likeness (QED) is 0.680. The van der Waals surface area contributed by atoms with Crippen LogP contribution in [0.2, 0.25) is 0 Å². The molecule has 3 heteroatoms. The molecular formula is C24H25N3. The van der Waals surface area contributed by atoms with Gasteiger partial charge in [0.2, 0.25) is 0 Å². The third kappa shape index (κ3) is 3.17. The van der Waals surface area contributed by atoms with Crippen molar-refractivity contribution in [2.24, 2.45) is 11.8 Å². The molecule has 3 fully saturated rings. The van der Waals surface area contributed by atoms with Crippen LogP contribution in [0.1, 0.15) is 29.0 Å². The smallest absolute Gasteiger partial charge is 0.115 e. The van der Waals surface area contributed by atoms with Crippen molar-refractivity contribution in [1.29, 1.82) is 0 Å². The molecule has 0 amide bonds. The van der Waals surface area contributed by atoms with Gasteiger partial charge in [0.1, 0.15) is 6.33 Å². The molecule has 2 saturated heterocycles. The summed E-state index contributed by atoms with van der Waals surface area (Å²) < 4.78 is 0. The highest BCUT2D eigenvalue weighted by Gasteiger charge is 2.46. The number of aryl methyl sites for hydroxylation is 1. The van der Waals surface area contributed by atoms with Crippen molar-refractivity contribution in [2.75, 3.05) is 13.1 Å². The van der Waals surface area contributed by atoms with Crippen molar-refractivity contribution in [1.82, 2.24) is 14.9 Å². The van der Waals surface area contributed by atoms with Crippen molar-refractivity contribution in [3.05, 3.63) is 83.9 Å². The zero-order valence-electron chi connectivity index (χ0n) is 15.8. The average Bonchev–Trinajstić information content (AvgIpc) is 2.70. The molecule has 0 radical (unpaired) electrons. The normalized spacial score (nSPS) is 24.4. The van der Waals surface area contributed by atoms with E-state index in [4.69, 9.17) is 0 Å². The van der Waals surface area contributed by atoms with Crippen LogP contribution in [0.4, 0.5) is 0 Å². The second kappa shape index (κ2) is 6.90. The monoisotopic (exact) mass is 355 g/mol. The predicted octanol–water partition coefficient (Wildman–Crippen LogP) is 4.69. The number of benzene rings is 2. The Hall–Kier alpha value is -2.52. The highest BCUT2D eigenvalue weighted by molar-refractivity contribution is 5.67. The summed E-state index contributed by atoms with van der Waals surface area (Å²) in [5.41, 5.74) is 6.75. The largest absolute Gasteiger partial charge is 0.298 e. The van der Waals surface area contributed by atoms with Gasteiger partial charge in [0, 0.05) is 37.6 Å². The van der Waals surface area contributed by atoms with Crippen LogP contribution in [-0.2, 0) is 6.54 Å². The standard InChI is InChI=1S/C24H25N3/c1-17-4-2-3-5-23(17)19-6-8-20(9-7-19)24-21-10-22(24)15-27(14-21)13-18-11-25-16-26-12-18/h2-9,11-12,16,21-22,24H,10,13-15H2,1H3. The number of hydrogen-bond donors (Lipinski definition) is 0. The highest BCUT2D eigenvalue weighted by atomic mass is 15.2.